The van der Waals surface area contributed by atoms with E-state index in [1.54, 1.807) is 12.1 Å². The van der Waals surface area contributed by atoms with Gasteiger partial charge in [-0.05, 0) is 29.8 Å². The molecular weight excluding hydrogens is 240 g/mol. The van der Waals surface area contributed by atoms with Crippen molar-refractivity contribution in [2.45, 2.75) is 12.6 Å². The zero-order valence-corrected chi connectivity index (χ0v) is 9.57. The van der Waals surface area contributed by atoms with Gasteiger partial charge in [-0.1, -0.05) is 6.07 Å². The summed E-state index contributed by atoms with van der Waals surface area (Å²) in [5.41, 5.74) is 0.612. The average Bonchev–Trinajstić information content (AvgIpc) is 2.87. The van der Waals surface area contributed by atoms with Crippen molar-refractivity contribution in [2.75, 3.05) is 6.54 Å². The van der Waals surface area contributed by atoms with E-state index in [2.05, 4.69) is 5.32 Å². The van der Waals surface area contributed by atoms with E-state index in [4.69, 9.17) is 4.42 Å². The summed E-state index contributed by atoms with van der Waals surface area (Å²) in [5.74, 6) is -1.27. The molecule has 0 saturated carbocycles. The van der Waals surface area contributed by atoms with Crippen LogP contribution in [-0.4, -0.2) is 11.7 Å². The molecule has 0 amide bonds. The monoisotopic (exact) mass is 253 g/mol. The Hall–Kier alpha value is -1.72. The molecule has 2 N–H and O–H groups in total. The van der Waals surface area contributed by atoms with Crippen LogP contribution in [0.2, 0.25) is 0 Å². The third-order valence-corrected chi connectivity index (χ3v) is 2.52. The predicted molar refractivity (Wildman–Crippen MR) is 61.7 cm³/mol. The normalized spacial score (nSPS) is 12.6. The van der Waals surface area contributed by atoms with Gasteiger partial charge in [-0.25, -0.2) is 8.78 Å². The molecule has 2 aromatic rings. The fourth-order valence-corrected chi connectivity index (χ4v) is 1.58. The van der Waals surface area contributed by atoms with Crippen molar-refractivity contribution in [3.8, 4) is 0 Å². The molecule has 0 aliphatic carbocycles. The van der Waals surface area contributed by atoms with Crippen molar-refractivity contribution in [3.63, 3.8) is 0 Å². The molecule has 0 aliphatic rings. The van der Waals surface area contributed by atoms with Crippen LogP contribution in [0.3, 0.4) is 0 Å². The molecule has 1 aromatic heterocycles. The molecule has 0 radical (unpaired) electrons. The van der Waals surface area contributed by atoms with E-state index in [-0.39, 0.29) is 6.54 Å². The Balaban J connectivity index is 1.83. The molecule has 0 fully saturated rings. The number of hydrogen-bond donors (Lipinski definition) is 2. The zero-order chi connectivity index (χ0) is 13.0. The Labute approximate surface area is 103 Å². The lowest BCUT2D eigenvalue weighted by Gasteiger charge is -2.09. The number of halogens is 2. The maximum absolute atomic E-state index is 12.9. The van der Waals surface area contributed by atoms with Gasteiger partial charge in [0.2, 0.25) is 0 Å². The standard InChI is InChI=1S/C13H13F2NO2/c14-10-4-3-9(6-11(10)15)7-16-8-12(17)13-2-1-5-18-13/h1-6,12,16-17H,7-8H2. The summed E-state index contributed by atoms with van der Waals surface area (Å²) < 4.78 is 30.6. The van der Waals surface area contributed by atoms with Gasteiger partial charge in [0, 0.05) is 13.1 Å². The molecule has 1 aromatic carbocycles. The van der Waals surface area contributed by atoms with E-state index in [0.29, 0.717) is 17.9 Å². The van der Waals surface area contributed by atoms with E-state index < -0.39 is 17.7 Å². The summed E-state index contributed by atoms with van der Waals surface area (Å²) in [6.45, 7) is 0.613. The Morgan fingerprint density at radius 1 is 1.22 bits per heavy atom. The van der Waals surface area contributed by atoms with Gasteiger partial charge in [0.15, 0.2) is 11.6 Å². The topological polar surface area (TPSA) is 45.4 Å². The summed E-state index contributed by atoms with van der Waals surface area (Å²) >= 11 is 0. The minimum atomic E-state index is -0.874. The molecule has 1 atom stereocenters. The van der Waals surface area contributed by atoms with Gasteiger partial charge >= 0.3 is 0 Å². The van der Waals surface area contributed by atoms with Gasteiger partial charge in [-0.15, -0.1) is 0 Å². The van der Waals surface area contributed by atoms with Crippen LogP contribution in [0.1, 0.15) is 17.4 Å². The van der Waals surface area contributed by atoms with Crippen LogP contribution in [0.5, 0.6) is 0 Å². The van der Waals surface area contributed by atoms with Crippen LogP contribution in [0.25, 0.3) is 0 Å². The highest BCUT2D eigenvalue weighted by atomic mass is 19.2. The molecule has 1 unspecified atom stereocenters. The first-order valence-electron chi connectivity index (χ1n) is 5.53. The largest absolute Gasteiger partial charge is 0.467 e. The summed E-state index contributed by atoms with van der Waals surface area (Å²) in [7, 11) is 0. The number of benzene rings is 1. The first kappa shape index (κ1) is 12.7. The molecule has 1 heterocycles. The van der Waals surface area contributed by atoms with Gasteiger partial charge in [-0.3, -0.25) is 0 Å². The highest BCUT2D eigenvalue weighted by Gasteiger charge is 2.09. The molecule has 18 heavy (non-hydrogen) atoms. The van der Waals surface area contributed by atoms with Crippen LogP contribution in [0, 0.1) is 11.6 Å². The second-order valence-corrected chi connectivity index (χ2v) is 3.91. The fourth-order valence-electron chi connectivity index (χ4n) is 1.58. The molecule has 0 aliphatic heterocycles. The van der Waals surface area contributed by atoms with E-state index in [1.165, 1.54) is 12.3 Å². The minimum Gasteiger partial charge on any atom is -0.467 e. The summed E-state index contributed by atoms with van der Waals surface area (Å²) in [5, 5.41) is 12.6. The zero-order valence-electron chi connectivity index (χ0n) is 9.57. The van der Waals surface area contributed by atoms with Crippen LogP contribution in [0.15, 0.2) is 41.0 Å². The maximum atomic E-state index is 12.9. The second-order valence-electron chi connectivity index (χ2n) is 3.91. The second kappa shape index (κ2) is 5.75. The number of rotatable bonds is 5. The molecule has 0 spiro atoms. The predicted octanol–water partition coefficient (Wildman–Crippen LogP) is 2.38. The lowest BCUT2D eigenvalue weighted by molar-refractivity contribution is 0.147. The van der Waals surface area contributed by atoms with Crippen molar-refractivity contribution < 1.29 is 18.3 Å². The van der Waals surface area contributed by atoms with E-state index in [0.717, 1.165) is 12.1 Å². The maximum Gasteiger partial charge on any atom is 0.159 e. The van der Waals surface area contributed by atoms with Gasteiger partial charge < -0.3 is 14.8 Å². The molecular formula is C13H13F2NO2. The van der Waals surface area contributed by atoms with Crippen LogP contribution in [0.4, 0.5) is 8.78 Å². The average molecular weight is 253 g/mol. The van der Waals surface area contributed by atoms with Crippen molar-refractivity contribution in [1.82, 2.24) is 5.32 Å². The van der Waals surface area contributed by atoms with Gasteiger partial charge in [0.05, 0.1) is 6.26 Å². The smallest absolute Gasteiger partial charge is 0.159 e. The Morgan fingerprint density at radius 3 is 2.72 bits per heavy atom. The molecule has 96 valence electrons. The Kier molecular flexibility index (Phi) is 4.07. The Morgan fingerprint density at radius 2 is 2.06 bits per heavy atom. The van der Waals surface area contributed by atoms with Crippen LogP contribution in [-0.2, 0) is 6.54 Å². The van der Waals surface area contributed by atoms with Crippen molar-refractivity contribution >= 4 is 0 Å². The third-order valence-electron chi connectivity index (χ3n) is 2.52. The minimum absolute atomic E-state index is 0.270. The summed E-state index contributed by atoms with van der Waals surface area (Å²) in [4.78, 5) is 0. The lowest BCUT2D eigenvalue weighted by atomic mass is 10.2. The SMILES string of the molecule is OC(CNCc1ccc(F)c(F)c1)c1ccco1. The number of aliphatic hydroxyl groups excluding tert-OH is 1. The molecule has 0 bridgehead atoms. The summed E-state index contributed by atoms with van der Waals surface area (Å²) in [6.07, 6.45) is 0.721. The molecule has 2 rings (SSSR count). The quantitative estimate of drug-likeness (QED) is 0.860. The van der Waals surface area contributed by atoms with E-state index >= 15 is 0 Å². The van der Waals surface area contributed by atoms with Crippen LogP contribution >= 0.6 is 0 Å². The number of nitrogens with one attached hydrogen (secondary N) is 1. The van der Waals surface area contributed by atoms with E-state index in [1.807, 2.05) is 0 Å². The number of furan rings is 1. The van der Waals surface area contributed by atoms with Gasteiger partial charge in [-0.2, -0.15) is 0 Å². The first-order valence-corrected chi connectivity index (χ1v) is 5.53. The highest BCUT2D eigenvalue weighted by molar-refractivity contribution is 5.17. The fraction of sp³-hybridized carbons (Fsp3) is 0.231. The van der Waals surface area contributed by atoms with Crippen molar-refractivity contribution in [2.24, 2.45) is 0 Å². The number of hydrogen-bond acceptors (Lipinski definition) is 3. The lowest BCUT2D eigenvalue weighted by Crippen LogP contribution is -2.20. The highest BCUT2D eigenvalue weighted by Crippen LogP contribution is 2.12. The number of aliphatic hydroxyl groups is 1. The Bertz CT molecular complexity index is 500. The van der Waals surface area contributed by atoms with Crippen LogP contribution < -0.4 is 5.32 Å². The summed E-state index contributed by atoms with van der Waals surface area (Å²) in [6, 6.07) is 7.05. The van der Waals surface area contributed by atoms with Crippen molar-refractivity contribution in [3.05, 3.63) is 59.6 Å². The van der Waals surface area contributed by atoms with E-state index in [9.17, 15) is 13.9 Å². The van der Waals surface area contributed by atoms with Crippen molar-refractivity contribution in [1.29, 1.82) is 0 Å². The molecule has 0 saturated heterocycles. The molecule has 5 heteroatoms. The van der Waals surface area contributed by atoms with Gasteiger partial charge in [0.25, 0.3) is 0 Å². The first-order chi connectivity index (χ1) is 8.66. The molecule has 3 nitrogen and oxygen atoms in total. The van der Waals surface area contributed by atoms with Gasteiger partial charge in [0.1, 0.15) is 11.9 Å². The third kappa shape index (κ3) is 3.15.